The van der Waals surface area contributed by atoms with Crippen molar-refractivity contribution in [3.63, 3.8) is 0 Å². The van der Waals surface area contributed by atoms with Crippen LogP contribution in [0.1, 0.15) is 19.4 Å². The Balaban J connectivity index is 2.54. The van der Waals surface area contributed by atoms with Crippen LogP contribution in [0, 0.1) is 17.2 Å². The SMILES string of the molecule is CCOc1cc(CNCC(C)C#N)ccc1O. The summed E-state index contributed by atoms with van der Waals surface area (Å²) in [6.45, 7) is 5.58. The number of benzene rings is 1. The number of nitrogens with one attached hydrogen (secondary N) is 1. The van der Waals surface area contributed by atoms with Crippen LogP contribution >= 0.6 is 0 Å². The molecule has 2 N–H and O–H groups in total. The molecule has 0 aliphatic rings. The Hall–Kier alpha value is -1.73. The van der Waals surface area contributed by atoms with Crippen LogP contribution in [0.3, 0.4) is 0 Å². The van der Waals surface area contributed by atoms with Gasteiger partial charge in [0.1, 0.15) is 0 Å². The van der Waals surface area contributed by atoms with E-state index in [1.54, 1.807) is 6.07 Å². The van der Waals surface area contributed by atoms with Gasteiger partial charge in [0.05, 0.1) is 18.6 Å². The first kappa shape index (κ1) is 13.3. The largest absolute Gasteiger partial charge is 0.504 e. The van der Waals surface area contributed by atoms with E-state index < -0.39 is 0 Å². The fourth-order valence-electron chi connectivity index (χ4n) is 1.42. The molecule has 0 saturated heterocycles. The highest BCUT2D eigenvalue weighted by molar-refractivity contribution is 5.41. The van der Waals surface area contributed by atoms with E-state index in [0.29, 0.717) is 25.4 Å². The number of nitrogens with zero attached hydrogens (tertiary/aromatic N) is 1. The van der Waals surface area contributed by atoms with Gasteiger partial charge in [-0.2, -0.15) is 5.26 Å². The highest BCUT2D eigenvalue weighted by atomic mass is 16.5. The normalized spacial score (nSPS) is 11.8. The minimum atomic E-state index is -0.00141. The number of aromatic hydroxyl groups is 1. The number of nitriles is 1. The number of phenolic OH excluding ortho intramolecular Hbond substituents is 1. The van der Waals surface area contributed by atoms with Gasteiger partial charge in [-0.15, -0.1) is 0 Å². The Morgan fingerprint density at radius 3 is 2.94 bits per heavy atom. The van der Waals surface area contributed by atoms with Gasteiger partial charge in [0.25, 0.3) is 0 Å². The van der Waals surface area contributed by atoms with Crippen molar-refractivity contribution in [1.29, 1.82) is 5.26 Å². The van der Waals surface area contributed by atoms with Gasteiger partial charge in [0, 0.05) is 13.1 Å². The molecular formula is C13H18N2O2. The minimum Gasteiger partial charge on any atom is -0.504 e. The topological polar surface area (TPSA) is 65.3 Å². The van der Waals surface area contributed by atoms with Crippen LogP contribution in [-0.4, -0.2) is 18.3 Å². The zero-order valence-corrected chi connectivity index (χ0v) is 10.2. The second kappa shape index (κ2) is 6.77. The number of hydrogen-bond donors (Lipinski definition) is 2. The maximum atomic E-state index is 9.53. The summed E-state index contributed by atoms with van der Waals surface area (Å²) in [4.78, 5) is 0. The molecule has 0 bridgehead atoms. The third kappa shape index (κ3) is 4.33. The van der Waals surface area contributed by atoms with Crippen LogP contribution in [0.15, 0.2) is 18.2 Å². The van der Waals surface area contributed by atoms with Gasteiger partial charge < -0.3 is 15.2 Å². The Bertz CT molecular complexity index is 399. The summed E-state index contributed by atoms with van der Waals surface area (Å²) in [5, 5.41) is 21.4. The molecule has 0 aromatic heterocycles. The van der Waals surface area contributed by atoms with Gasteiger partial charge >= 0.3 is 0 Å². The molecule has 17 heavy (non-hydrogen) atoms. The lowest BCUT2D eigenvalue weighted by Gasteiger charge is -2.09. The smallest absolute Gasteiger partial charge is 0.161 e. The second-order valence-electron chi connectivity index (χ2n) is 3.90. The van der Waals surface area contributed by atoms with E-state index in [1.165, 1.54) is 0 Å². The molecule has 0 saturated carbocycles. The quantitative estimate of drug-likeness (QED) is 0.790. The third-order valence-electron chi connectivity index (χ3n) is 2.32. The van der Waals surface area contributed by atoms with Crippen molar-refractivity contribution in [2.45, 2.75) is 20.4 Å². The average molecular weight is 234 g/mol. The minimum absolute atomic E-state index is 0.00141. The molecule has 0 amide bonds. The summed E-state index contributed by atoms with van der Waals surface area (Å²) in [5.74, 6) is 0.652. The summed E-state index contributed by atoms with van der Waals surface area (Å²) >= 11 is 0. The Kier molecular flexibility index (Phi) is 5.31. The van der Waals surface area contributed by atoms with Crippen LogP contribution < -0.4 is 10.1 Å². The molecule has 0 radical (unpaired) electrons. The molecule has 0 aliphatic heterocycles. The van der Waals surface area contributed by atoms with Crippen LogP contribution in [0.5, 0.6) is 11.5 Å². The lowest BCUT2D eigenvalue weighted by molar-refractivity contribution is 0.317. The maximum absolute atomic E-state index is 9.53. The van der Waals surface area contributed by atoms with Crippen molar-refractivity contribution in [3.8, 4) is 17.6 Å². The molecule has 1 aromatic carbocycles. The lowest BCUT2D eigenvalue weighted by Crippen LogP contribution is -2.19. The zero-order chi connectivity index (χ0) is 12.7. The summed E-state index contributed by atoms with van der Waals surface area (Å²) in [6.07, 6.45) is 0. The lowest BCUT2D eigenvalue weighted by atomic mass is 10.1. The standard InChI is InChI=1S/C13H18N2O2/c1-3-17-13-6-11(4-5-12(13)16)9-15-8-10(2)7-14/h4-6,10,15-16H,3,8-9H2,1-2H3. The molecule has 0 spiro atoms. The summed E-state index contributed by atoms with van der Waals surface area (Å²) < 4.78 is 5.30. The van der Waals surface area contributed by atoms with Crippen molar-refractivity contribution in [1.82, 2.24) is 5.32 Å². The molecule has 0 heterocycles. The molecule has 92 valence electrons. The summed E-state index contributed by atoms with van der Waals surface area (Å²) in [7, 11) is 0. The molecule has 4 nitrogen and oxygen atoms in total. The van der Waals surface area contributed by atoms with Crippen molar-refractivity contribution >= 4 is 0 Å². The van der Waals surface area contributed by atoms with Crippen LogP contribution in [0.2, 0.25) is 0 Å². The van der Waals surface area contributed by atoms with Gasteiger partial charge in [-0.05, 0) is 31.5 Å². The van der Waals surface area contributed by atoms with Gasteiger partial charge in [-0.3, -0.25) is 0 Å². The van der Waals surface area contributed by atoms with Crippen LogP contribution in [0.25, 0.3) is 0 Å². The van der Waals surface area contributed by atoms with E-state index in [0.717, 1.165) is 5.56 Å². The molecule has 4 heteroatoms. The summed E-state index contributed by atoms with van der Waals surface area (Å²) in [5.41, 5.74) is 1.02. The van der Waals surface area contributed by atoms with E-state index in [-0.39, 0.29) is 11.7 Å². The van der Waals surface area contributed by atoms with Gasteiger partial charge in [-0.25, -0.2) is 0 Å². The highest BCUT2D eigenvalue weighted by Crippen LogP contribution is 2.26. The molecular weight excluding hydrogens is 216 g/mol. The van der Waals surface area contributed by atoms with E-state index in [1.807, 2.05) is 26.0 Å². The monoisotopic (exact) mass is 234 g/mol. The van der Waals surface area contributed by atoms with Gasteiger partial charge in [0.2, 0.25) is 0 Å². The van der Waals surface area contributed by atoms with Crippen molar-refractivity contribution in [2.75, 3.05) is 13.2 Å². The Morgan fingerprint density at radius 1 is 1.53 bits per heavy atom. The van der Waals surface area contributed by atoms with Crippen molar-refractivity contribution in [2.24, 2.45) is 5.92 Å². The number of ether oxygens (including phenoxy) is 1. The average Bonchev–Trinajstić information content (AvgIpc) is 2.33. The second-order valence-corrected chi connectivity index (χ2v) is 3.90. The molecule has 1 aromatic rings. The third-order valence-corrected chi connectivity index (χ3v) is 2.32. The van der Waals surface area contributed by atoms with E-state index in [4.69, 9.17) is 10.00 Å². The van der Waals surface area contributed by atoms with Gasteiger partial charge in [-0.1, -0.05) is 6.07 Å². The molecule has 0 fully saturated rings. The first-order chi connectivity index (χ1) is 8.17. The molecule has 1 rings (SSSR count). The Morgan fingerprint density at radius 2 is 2.29 bits per heavy atom. The fourth-order valence-corrected chi connectivity index (χ4v) is 1.42. The highest BCUT2D eigenvalue weighted by Gasteiger charge is 2.04. The van der Waals surface area contributed by atoms with Gasteiger partial charge in [0.15, 0.2) is 11.5 Å². The first-order valence-corrected chi connectivity index (χ1v) is 5.72. The van der Waals surface area contributed by atoms with E-state index in [9.17, 15) is 5.11 Å². The summed E-state index contributed by atoms with van der Waals surface area (Å²) in [6, 6.07) is 7.43. The molecule has 1 unspecified atom stereocenters. The van der Waals surface area contributed by atoms with Crippen molar-refractivity contribution < 1.29 is 9.84 Å². The van der Waals surface area contributed by atoms with Crippen LogP contribution in [-0.2, 0) is 6.54 Å². The Labute approximate surface area is 102 Å². The maximum Gasteiger partial charge on any atom is 0.161 e. The van der Waals surface area contributed by atoms with E-state index in [2.05, 4.69) is 11.4 Å². The van der Waals surface area contributed by atoms with Crippen molar-refractivity contribution in [3.05, 3.63) is 23.8 Å². The fraction of sp³-hybridized carbons (Fsp3) is 0.462. The molecule has 0 aliphatic carbocycles. The first-order valence-electron chi connectivity index (χ1n) is 5.72. The molecule has 1 atom stereocenters. The predicted octanol–water partition coefficient (Wildman–Crippen LogP) is 2.04. The van der Waals surface area contributed by atoms with Crippen LogP contribution in [0.4, 0.5) is 0 Å². The van der Waals surface area contributed by atoms with E-state index >= 15 is 0 Å². The number of phenols is 1. The zero-order valence-electron chi connectivity index (χ0n) is 10.2. The predicted molar refractivity (Wildman–Crippen MR) is 65.8 cm³/mol. The number of hydrogen-bond acceptors (Lipinski definition) is 4. The number of rotatable bonds is 6.